The van der Waals surface area contributed by atoms with Gasteiger partial charge in [0.05, 0.1) is 9.88 Å². The van der Waals surface area contributed by atoms with E-state index in [-0.39, 0.29) is 18.3 Å². The second-order valence-electron chi connectivity index (χ2n) is 4.57. The fourth-order valence-corrected chi connectivity index (χ4v) is 3.28. The zero-order chi connectivity index (χ0) is 12.3. The van der Waals surface area contributed by atoms with E-state index in [2.05, 4.69) is 5.32 Å². The molecule has 3 nitrogen and oxygen atoms in total. The number of rotatable bonds is 4. The van der Waals surface area contributed by atoms with Crippen LogP contribution in [0.2, 0.25) is 4.34 Å². The fraction of sp³-hybridized carbons (Fsp3) is 0.583. The first-order valence-corrected chi connectivity index (χ1v) is 7.11. The van der Waals surface area contributed by atoms with Crippen LogP contribution in [0.5, 0.6) is 0 Å². The molecule has 1 amide bonds. The van der Waals surface area contributed by atoms with Crippen LogP contribution in [0.1, 0.15) is 30.6 Å². The largest absolute Gasteiger partial charge is 0.354 e. The smallest absolute Gasteiger partial charge is 0.240 e. The van der Waals surface area contributed by atoms with Gasteiger partial charge in [-0.25, -0.2) is 0 Å². The molecule has 3 N–H and O–H groups in total. The first-order valence-electron chi connectivity index (χ1n) is 5.91. The number of amides is 1. The number of nitrogens with one attached hydrogen (secondary N) is 1. The number of carbonyl (C=O) groups excluding carboxylic acids is 1. The predicted octanol–water partition coefficient (Wildman–Crippen LogP) is 2.75. The van der Waals surface area contributed by atoms with E-state index in [1.807, 2.05) is 12.1 Å². The number of halogens is 2. The van der Waals surface area contributed by atoms with Crippen LogP contribution in [-0.2, 0) is 11.2 Å². The summed E-state index contributed by atoms with van der Waals surface area (Å²) >= 11 is 7.39. The Bertz CT molecular complexity index is 403. The van der Waals surface area contributed by atoms with Crippen LogP contribution >= 0.6 is 35.3 Å². The van der Waals surface area contributed by atoms with Crippen molar-refractivity contribution in [1.29, 1.82) is 0 Å². The van der Waals surface area contributed by atoms with Gasteiger partial charge in [-0.05, 0) is 31.4 Å². The van der Waals surface area contributed by atoms with Crippen LogP contribution in [0, 0.1) is 0 Å². The van der Waals surface area contributed by atoms with Crippen LogP contribution in [0.3, 0.4) is 0 Å². The maximum Gasteiger partial charge on any atom is 0.240 e. The molecule has 0 aliphatic heterocycles. The fourth-order valence-electron chi connectivity index (χ4n) is 2.19. The topological polar surface area (TPSA) is 55.1 Å². The lowest BCUT2D eigenvalue weighted by Gasteiger charge is -2.22. The summed E-state index contributed by atoms with van der Waals surface area (Å²) in [5.74, 6) is -0.00217. The van der Waals surface area contributed by atoms with E-state index < -0.39 is 5.54 Å². The van der Waals surface area contributed by atoms with E-state index in [9.17, 15) is 4.79 Å². The molecule has 0 aromatic carbocycles. The molecule has 1 aromatic rings. The van der Waals surface area contributed by atoms with Crippen molar-refractivity contribution < 1.29 is 4.79 Å². The average molecular weight is 309 g/mol. The molecule has 1 fully saturated rings. The molecule has 0 radical (unpaired) electrons. The number of thiophene rings is 1. The lowest BCUT2D eigenvalue weighted by molar-refractivity contribution is -0.126. The van der Waals surface area contributed by atoms with Crippen molar-refractivity contribution in [2.45, 2.75) is 37.6 Å². The van der Waals surface area contributed by atoms with Gasteiger partial charge in [-0.15, -0.1) is 23.7 Å². The Hall–Kier alpha value is -0.290. The van der Waals surface area contributed by atoms with Crippen molar-refractivity contribution in [3.63, 3.8) is 0 Å². The second-order valence-corrected chi connectivity index (χ2v) is 6.37. The van der Waals surface area contributed by atoms with Gasteiger partial charge in [-0.3, -0.25) is 4.79 Å². The van der Waals surface area contributed by atoms with Crippen molar-refractivity contribution in [3.05, 3.63) is 21.3 Å². The first-order chi connectivity index (χ1) is 8.10. The van der Waals surface area contributed by atoms with Gasteiger partial charge in [0.2, 0.25) is 5.91 Å². The van der Waals surface area contributed by atoms with E-state index in [4.69, 9.17) is 17.3 Å². The Balaban J connectivity index is 0.00000162. The highest BCUT2D eigenvalue weighted by Crippen LogP contribution is 2.27. The molecule has 2 rings (SSSR count). The maximum absolute atomic E-state index is 11.9. The zero-order valence-electron chi connectivity index (χ0n) is 10.1. The minimum absolute atomic E-state index is 0. The van der Waals surface area contributed by atoms with Gasteiger partial charge in [0.25, 0.3) is 0 Å². The summed E-state index contributed by atoms with van der Waals surface area (Å²) in [6, 6.07) is 3.87. The zero-order valence-corrected chi connectivity index (χ0v) is 12.5. The summed E-state index contributed by atoms with van der Waals surface area (Å²) in [4.78, 5) is 13.1. The lowest BCUT2D eigenvalue weighted by Crippen LogP contribution is -2.52. The predicted molar refractivity (Wildman–Crippen MR) is 78.7 cm³/mol. The third-order valence-corrected chi connectivity index (χ3v) is 4.52. The number of nitrogens with two attached hydrogens (primary N) is 1. The van der Waals surface area contributed by atoms with Crippen molar-refractivity contribution in [3.8, 4) is 0 Å². The van der Waals surface area contributed by atoms with Gasteiger partial charge in [0.1, 0.15) is 0 Å². The molecule has 0 unspecified atom stereocenters. The van der Waals surface area contributed by atoms with Crippen LogP contribution in [-0.4, -0.2) is 18.0 Å². The molecule has 0 bridgehead atoms. The van der Waals surface area contributed by atoms with Gasteiger partial charge >= 0.3 is 0 Å². The normalized spacial score (nSPS) is 17.2. The van der Waals surface area contributed by atoms with Crippen molar-refractivity contribution in [2.75, 3.05) is 6.54 Å². The Morgan fingerprint density at radius 1 is 1.44 bits per heavy atom. The minimum Gasteiger partial charge on any atom is -0.354 e. The molecular formula is C12H18Cl2N2OS. The summed E-state index contributed by atoms with van der Waals surface area (Å²) in [6.45, 7) is 0.634. The van der Waals surface area contributed by atoms with Crippen LogP contribution in [0.25, 0.3) is 0 Å². The van der Waals surface area contributed by atoms with E-state index in [1.54, 1.807) is 11.3 Å². The molecule has 6 heteroatoms. The highest BCUT2D eigenvalue weighted by atomic mass is 35.5. The summed E-state index contributed by atoms with van der Waals surface area (Å²) in [5, 5.41) is 2.92. The Morgan fingerprint density at radius 2 is 2.11 bits per heavy atom. The van der Waals surface area contributed by atoms with Crippen molar-refractivity contribution in [2.24, 2.45) is 5.73 Å². The van der Waals surface area contributed by atoms with E-state index >= 15 is 0 Å². The monoisotopic (exact) mass is 308 g/mol. The summed E-state index contributed by atoms with van der Waals surface area (Å²) in [7, 11) is 0. The highest BCUT2D eigenvalue weighted by molar-refractivity contribution is 7.16. The second kappa shape index (κ2) is 6.75. The molecule has 18 heavy (non-hydrogen) atoms. The quantitative estimate of drug-likeness (QED) is 0.898. The molecule has 1 aliphatic carbocycles. The summed E-state index contributed by atoms with van der Waals surface area (Å²) < 4.78 is 0.789. The Kier molecular flexibility index (Phi) is 5.92. The SMILES string of the molecule is Cl.NC1(C(=O)NCCc2ccc(Cl)s2)CCCC1. The average Bonchev–Trinajstić information content (AvgIpc) is 2.89. The van der Waals surface area contributed by atoms with Gasteiger partial charge in [-0.1, -0.05) is 24.4 Å². The van der Waals surface area contributed by atoms with Gasteiger partial charge < -0.3 is 11.1 Å². The number of hydrogen-bond donors (Lipinski definition) is 2. The molecule has 102 valence electrons. The number of hydrogen-bond acceptors (Lipinski definition) is 3. The molecule has 1 heterocycles. The van der Waals surface area contributed by atoms with Crippen LogP contribution < -0.4 is 11.1 Å². The summed E-state index contributed by atoms with van der Waals surface area (Å²) in [6.07, 6.45) is 4.56. The van der Waals surface area contributed by atoms with Gasteiger partial charge in [-0.2, -0.15) is 0 Å². The molecular weight excluding hydrogens is 291 g/mol. The molecule has 0 spiro atoms. The van der Waals surface area contributed by atoms with Gasteiger partial charge in [0.15, 0.2) is 0 Å². The Labute approximate surface area is 122 Å². The minimum atomic E-state index is -0.618. The molecule has 0 atom stereocenters. The summed E-state index contributed by atoms with van der Waals surface area (Å²) in [5.41, 5.74) is 5.44. The molecule has 1 aromatic heterocycles. The van der Waals surface area contributed by atoms with E-state index in [0.717, 1.165) is 36.4 Å². The third kappa shape index (κ3) is 3.85. The third-order valence-electron chi connectivity index (χ3n) is 3.23. The molecule has 1 saturated carbocycles. The maximum atomic E-state index is 11.9. The molecule has 0 saturated heterocycles. The van der Waals surface area contributed by atoms with Crippen LogP contribution in [0.4, 0.5) is 0 Å². The van der Waals surface area contributed by atoms with Crippen molar-refractivity contribution >= 4 is 41.3 Å². The number of carbonyl (C=O) groups is 1. The van der Waals surface area contributed by atoms with Crippen molar-refractivity contribution in [1.82, 2.24) is 5.32 Å². The van der Waals surface area contributed by atoms with E-state index in [0.29, 0.717) is 6.54 Å². The Morgan fingerprint density at radius 3 is 2.67 bits per heavy atom. The lowest BCUT2D eigenvalue weighted by atomic mass is 9.98. The molecule has 1 aliphatic rings. The van der Waals surface area contributed by atoms with Crippen LogP contribution in [0.15, 0.2) is 12.1 Å². The highest BCUT2D eigenvalue weighted by Gasteiger charge is 2.36. The standard InChI is InChI=1S/C12H17ClN2OS.ClH/c13-10-4-3-9(17-10)5-8-15-11(16)12(14)6-1-2-7-12;/h3-4H,1-2,5-8,14H2,(H,15,16);1H. The first kappa shape index (κ1) is 15.8. The van der Waals surface area contributed by atoms with E-state index in [1.165, 1.54) is 4.88 Å². The van der Waals surface area contributed by atoms with Gasteiger partial charge in [0, 0.05) is 11.4 Å².